The molecule has 130 valence electrons. The van der Waals surface area contributed by atoms with Crippen LogP contribution in [0.1, 0.15) is 44.9 Å². The van der Waals surface area contributed by atoms with Crippen molar-refractivity contribution in [3.05, 3.63) is 24.4 Å². The summed E-state index contributed by atoms with van der Waals surface area (Å²) >= 11 is 0. The van der Waals surface area contributed by atoms with E-state index in [9.17, 15) is 5.11 Å². The minimum Gasteiger partial charge on any atom is -0.491 e. The van der Waals surface area contributed by atoms with Crippen molar-refractivity contribution in [3.63, 3.8) is 0 Å². The van der Waals surface area contributed by atoms with Crippen LogP contribution in [-0.2, 0) is 0 Å². The number of hydrogen-bond acceptors (Lipinski definition) is 5. The molecule has 0 atom stereocenters. The molecule has 0 unspecified atom stereocenters. The highest BCUT2D eigenvalue weighted by Gasteiger charge is 2.36. The molecule has 0 amide bonds. The standard InChI is InChI=1S/C18H22N2O3.ClH/c21-17-10-16(23-20-17)13-6-7-18(19-11-13)22-15-8-14(9-15)12-4-2-1-3-5-12;/h6-7,10-12,14-15H,1-5,8-9H2,(H,20,21);1H/t14-,15+;. The van der Waals surface area contributed by atoms with Crippen molar-refractivity contribution < 1.29 is 14.4 Å². The zero-order chi connectivity index (χ0) is 15.6. The molecule has 0 radical (unpaired) electrons. The lowest BCUT2D eigenvalue weighted by Gasteiger charge is -2.41. The van der Waals surface area contributed by atoms with Crippen molar-refractivity contribution in [2.75, 3.05) is 0 Å². The van der Waals surface area contributed by atoms with Gasteiger partial charge in [-0.1, -0.05) is 32.1 Å². The topological polar surface area (TPSA) is 68.4 Å². The van der Waals surface area contributed by atoms with Gasteiger partial charge >= 0.3 is 0 Å². The van der Waals surface area contributed by atoms with Gasteiger partial charge < -0.3 is 14.4 Å². The number of aromatic hydroxyl groups is 1. The lowest BCUT2D eigenvalue weighted by atomic mass is 9.68. The number of nitrogens with zero attached hydrogens (tertiary/aromatic N) is 2. The Hall–Kier alpha value is -1.75. The van der Waals surface area contributed by atoms with Crippen LogP contribution in [-0.4, -0.2) is 21.4 Å². The minimum atomic E-state index is -0.122. The molecule has 0 aliphatic heterocycles. The number of pyridine rings is 1. The molecule has 6 heteroatoms. The molecule has 24 heavy (non-hydrogen) atoms. The molecule has 2 saturated carbocycles. The molecule has 0 spiro atoms. The third kappa shape index (κ3) is 3.66. The lowest BCUT2D eigenvalue weighted by molar-refractivity contribution is 0.0198. The molecule has 2 aromatic heterocycles. The number of ether oxygens (including phenoxy) is 1. The van der Waals surface area contributed by atoms with E-state index in [0.717, 1.165) is 17.4 Å². The fraction of sp³-hybridized carbons (Fsp3) is 0.556. The summed E-state index contributed by atoms with van der Waals surface area (Å²) in [6, 6.07) is 5.20. The fourth-order valence-corrected chi connectivity index (χ4v) is 3.86. The molecule has 2 aliphatic rings. The Morgan fingerprint density at radius 2 is 1.88 bits per heavy atom. The smallest absolute Gasteiger partial charge is 0.252 e. The third-order valence-electron chi connectivity index (χ3n) is 5.25. The summed E-state index contributed by atoms with van der Waals surface area (Å²) in [5, 5.41) is 12.7. The van der Waals surface area contributed by atoms with Gasteiger partial charge in [-0.3, -0.25) is 0 Å². The van der Waals surface area contributed by atoms with Crippen LogP contribution in [0.4, 0.5) is 0 Å². The van der Waals surface area contributed by atoms with Crippen LogP contribution in [0.3, 0.4) is 0 Å². The van der Waals surface area contributed by atoms with Crippen molar-refractivity contribution >= 4 is 12.4 Å². The maximum Gasteiger partial charge on any atom is 0.252 e. The second kappa shape index (κ2) is 7.43. The second-order valence-electron chi connectivity index (χ2n) is 6.80. The Kier molecular flexibility index (Phi) is 5.29. The maximum absolute atomic E-state index is 9.21. The highest BCUT2D eigenvalue weighted by Crippen LogP contribution is 2.42. The quantitative estimate of drug-likeness (QED) is 0.872. The average molecular weight is 351 g/mol. The van der Waals surface area contributed by atoms with Crippen LogP contribution in [0.5, 0.6) is 11.8 Å². The molecule has 0 aromatic carbocycles. The van der Waals surface area contributed by atoms with Gasteiger partial charge in [-0.25, -0.2) is 4.98 Å². The van der Waals surface area contributed by atoms with Crippen LogP contribution in [0.25, 0.3) is 11.3 Å². The van der Waals surface area contributed by atoms with Crippen molar-refractivity contribution in [1.29, 1.82) is 0 Å². The summed E-state index contributed by atoms with van der Waals surface area (Å²) < 4.78 is 11.0. The van der Waals surface area contributed by atoms with E-state index in [4.69, 9.17) is 9.26 Å². The van der Waals surface area contributed by atoms with Crippen LogP contribution in [0.15, 0.2) is 28.9 Å². The van der Waals surface area contributed by atoms with Gasteiger partial charge in [-0.05, 0) is 35.9 Å². The summed E-state index contributed by atoms with van der Waals surface area (Å²) in [5.41, 5.74) is 0.777. The molecule has 4 rings (SSSR count). The highest BCUT2D eigenvalue weighted by atomic mass is 35.5. The van der Waals surface area contributed by atoms with Crippen molar-refractivity contribution in [1.82, 2.24) is 10.1 Å². The zero-order valence-electron chi connectivity index (χ0n) is 13.6. The van der Waals surface area contributed by atoms with Gasteiger partial charge in [0.2, 0.25) is 5.88 Å². The highest BCUT2D eigenvalue weighted by molar-refractivity contribution is 5.85. The molecule has 2 heterocycles. The number of halogens is 1. The van der Waals surface area contributed by atoms with E-state index in [1.54, 1.807) is 6.20 Å². The monoisotopic (exact) mass is 350 g/mol. The normalized spacial score (nSPS) is 24.0. The van der Waals surface area contributed by atoms with E-state index in [1.165, 1.54) is 51.0 Å². The largest absolute Gasteiger partial charge is 0.491 e. The summed E-state index contributed by atoms with van der Waals surface area (Å²) in [6.07, 6.45) is 11.4. The Morgan fingerprint density at radius 1 is 1.08 bits per heavy atom. The summed E-state index contributed by atoms with van der Waals surface area (Å²) in [5.74, 6) is 2.82. The van der Waals surface area contributed by atoms with Gasteiger partial charge in [0.25, 0.3) is 5.88 Å². The molecule has 0 bridgehead atoms. The first-order valence-electron chi connectivity index (χ1n) is 8.57. The average Bonchev–Trinajstić information content (AvgIpc) is 2.98. The first kappa shape index (κ1) is 17.1. The Labute approximate surface area is 147 Å². The summed E-state index contributed by atoms with van der Waals surface area (Å²) in [7, 11) is 0. The lowest BCUT2D eigenvalue weighted by Crippen LogP contribution is -2.38. The zero-order valence-corrected chi connectivity index (χ0v) is 14.4. The van der Waals surface area contributed by atoms with Gasteiger partial charge in [0, 0.05) is 23.9 Å². The molecule has 2 aromatic rings. The van der Waals surface area contributed by atoms with Crippen molar-refractivity contribution in [2.45, 2.75) is 51.0 Å². The molecule has 2 aliphatic carbocycles. The van der Waals surface area contributed by atoms with Crippen molar-refractivity contribution in [2.24, 2.45) is 11.8 Å². The number of aromatic nitrogens is 2. The molecule has 2 fully saturated rings. The van der Waals surface area contributed by atoms with E-state index in [1.807, 2.05) is 12.1 Å². The Morgan fingerprint density at radius 3 is 2.50 bits per heavy atom. The van der Waals surface area contributed by atoms with Gasteiger partial charge in [0.15, 0.2) is 5.76 Å². The van der Waals surface area contributed by atoms with Crippen molar-refractivity contribution in [3.8, 4) is 23.1 Å². The van der Waals surface area contributed by atoms with Gasteiger partial charge in [-0.15, -0.1) is 12.4 Å². The Balaban J connectivity index is 0.00000169. The molecular weight excluding hydrogens is 328 g/mol. The van der Waals surface area contributed by atoms with Gasteiger partial charge in [0.1, 0.15) is 6.10 Å². The number of hydrogen-bond donors (Lipinski definition) is 1. The first-order valence-corrected chi connectivity index (χ1v) is 8.57. The predicted octanol–water partition coefficient (Wildman–Crippen LogP) is 4.60. The second-order valence-corrected chi connectivity index (χ2v) is 6.80. The first-order chi connectivity index (χ1) is 11.3. The molecule has 1 N–H and O–H groups in total. The van der Waals surface area contributed by atoms with Crippen LogP contribution >= 0.6 is 12.4 Å². The van der Waals surface area contributed by atoms with Crippen LogP contribution in [0.2, 0.25) is 0 Å². The van der Waals surface area contributed by atoms with E-state index in [-0.39, 0.29) is 18.3 Å². The van der Waals surface area contributed by atoms with Gasteiger partial charge in [-0.2, -0.15) is 0 Å². The van der Waals surface area contributed by atoms with E-state index >= 15 is 0 Å². The van der Waals surface area contributed by atoms with Crippen LogP contribution < -0.4 is 4.74 Å². The fourth-order valence-electron chi connectivity index (χ4n) is 3.86. The minimum absolute atomic E-state index is 0. The third-order valence-corrected chi connectivity index (χ3v) is 5.25. The maximum atomic E-state index is 9.21. The SMILES string of the molecule is Cl.Oc1cc(-c2ccc(O[C@H]3C[C@@H](C4CCCCC4)C3)nc2)on1. The summed E-state index contributed by atoms with van der Waals surface area (Å²) in [4.78, 5) is 4.33. The molecular formula is C18H23ClN2O3. The van der Waals surface area contributed by atoms with E-state index < -0.39 is 0 Å². The van der Waals surface area contributed by atoms with Crippen LogP contribution in [0, 0.1) is 11.8 Å². The summed E-state index contributed by atoms with van der Waals surface area (Å²) in [6.45, 7) is 0. The van der Waals surface area contributed by atoms with E-state index in [0.29, 0.717) is 17.7 Å². The molecule has 0 saturated heterocycles. The van der Waals surface area contributed by atoms with Gasteiger partial charge in [0.05, 0.1) is 0 Å². The predicted molar refractivity (Wildman–Crippen MR) is 92.4 cm³/mol. The van der Waals surface area contributed by atoms with E-state index in [2.05, 4.69) is 10.1 Å². The number of rotatable bonds is 4. The molecule has 5 nitrogen and oxygen atoms in total. The Bertz CT molecular complexity index is 647.